The number of rotatable bonds is 4. The molecule has 124 valence electrons. The summed E-state index contributed by atoms with van der Waals surface area (Å²) in [5.74, 6) is 0.120. The van der Waals surface area contributed by atoms with Crippen molar-refractivity contribution in [2.45, 2.75) is 26.3 Å². The number of carbonyl (C=O) groups is 1. The maximum atomic E-state index is 12.5. The van der Waals surface area contributed by atoms with E-state index in [4.69, 9.17) is 0 Å². The standard InChI is InChI=1S/C17H22N4O.ClH/c1-17(8-4-9-18-13-17)16(22)19-12-14-6-2-3-7-15(14)21-11-5-10-20-21;/h2-3,5-7,10-11,18H,4,8-9,12-13H2,1H3,(H,19,22);1H. The predicted octanol–water partition coefficient (Wildman–Crippen LogP) is 2.30. The highest BCUT2D eigenvalue weighted by Crippen LogP contribution is 2.25. The van der Waals surface area contributed by atoms with Gasteiger partial charge in [-0.1, -0.05) is 18.2 Å². The van der Waals surface area contributed by atoms with Gasteiger partial charge < -0.3 is 10.6 Å². The van der Waals surface area contributed by atoms with Crippen LogP contribution in [0.1, 0.15) is 25.3 Å². The summed E-state index contributed by atoms with van der Waals surface area (Å²) < 4.78 is 1.82. The van der Waals surface area contributed by atoms with Gasteiger partial charge in [-0.2, -0.15) is 5.10 Å². The lowest BCUT2D eigenvalue weighted by molar-refractivity contribution is -0.131. The highest BCUT2D eigenvalue weighted by molar-refractivity contribution is 5.85. The molecule has 1 unspecified atom stereocenters. The van der Waals surface area contributed by atoms with Crippen molar-refractivity contribution in [3.8, 4) is 5.69 Å². The van der Waals surface area contributed by atoms with E-state index >= 15 is 0 Å². The molecule has 0 aliphatic carbocycles. The van der Waals surface area contributed by atoms with Crippen molar-refractivity contribution in [3.05, 3.63) is 48.3 Å². The van der Waals surface area contributed by atoms with Crippen LogP contribution in [0.5, 0.6) is 0 Å². The van der Waals surface area contributed by atoms with Crippen molar-refractivity contribution in [3.63, 3.8) is 0 Å². The number of halogens is 1. The second-order valence-electron chi connectivity index (χ2n) is 6.10. The maximum absolute atomic E-state index is 12.5. The second-order valence-corrected chi connectivity index (χ2v) is 6.10. The summed E-state index contributed by atoms with van der Waals surface area (Å²) in [5.41, 5.74) is 1.76. The van der Waals surface area contributed by atoms with Gasteiger partial charge in [0.05, 0.1) is 11.1 Å². The van der Waals surface area contributed by atoms with Crippen LogP contribution in [0.2, 0.25) is 0 Å². The molecule has 1 amide bonds. The van der Waals surface area contributed by atoms with E-state index in [1.54, 1.807) is 6.20 Å². The van der Waals surface area contributed by atoms with Crippen LogP contribution in [0.25, 0.3) is 5.69 Å². The number of nitrogens with zero attached hydrogens (tertiary/aromatic N) is 2. The first kappa shape index (κ1) is 17.5. The number of amides is 1. The largest absolute Gasteiger partial charge is 0.351 e. The fraction of sp³-hybridized carbons (Fsp3) is 0.412. The fourth-order valence-electron chi connectivity index (χ4n) is 2.93. The van der Waals surface area contributed by atoms with Gasteiger partial charge in [0, 0.05) is 25.5 Å². The lowest BCUT2D eigenvalue weighted by atomic mass is 9.82. The molecule has 0 saturated carbocycles. The van der Waals surface area contributed by atoms with Gasteiger partial charge in [0.25, 0.3) is 0 Å². The Morgan fingerprint density at radius 1 is 1.39 bits per heavy atom. The van der Waals surface area contributed by atoms with Gasteiger partial charge in [0.15, 0.2) is 0 Å². The van der Waals surface area contributed by atoms with Crippen molar-refractivity contribution in [2.24, 2.45) is 5.41 Å². The molecule has 6 heteroatoms. The van der Waals surface area contributed by atoms with Gasteiger partial charge in [-0.15, -0.1) is 12.4 Å². The number of hydrogen-bond acceptors (Lipinski definition) is 3. The monoisotopic (exact) mass is 334 g/mol. The molecule has 1 atom stereocenters. The number of hydrogen-bond donors (Lipinski definition) is 2. The first-order valence-electron chi connectivity index (χ1n) is 7.76. The van der Waals surface area contributed by atoms with E-state index in [1.165, 1.54) is 0 Å². The normalized spacial score (nSPS) is 20.6. The number of nitrogens with one attached hydrogen (secondary N) is 2. The van der Waals surface area contributed by atoms with Gasteiger partial charge in [-0.05, 0) is 44.0 Å². The molecule has 2 N–H and O–H groups in total. The highest BCUT2D eigenvalue weighted by Gasteiger charge is 2.34. The molecule has 1 aliphatic rings. The van der Waals surface area contributed by atoms with Gasteiger partial charge >= 0.3 is 0 Å². The molecular weight excluding hydrogens is 312 g/mol. The van der Waals surface area contributed by atoms with E-state index in [9.17, 15) is 4.79 Å². The lowest BCUT2D eigenvalue weighted by Crippen LogP contribution is -2.48. The lowest BCUT2D eigenvalue weighted by Gasteiger charge is -2.32. The number of aromatic nitrogens is 2. The Labute approximate surface area is 142 Å². The Bertz CT molecular complexity index is 636. The van der Waals surface area contributed by atoms with Crippen molar-refractivity contribution in [2.75, 3.05) is 13.1 Å². The minimum Gasteiger partial charge on any atom is -0.351 e. The van der Waals surface area contributed by atoms with Gasteiger partial charge in [0.2, 0.25) is 5.91 Å². The zero-order chi connectivity index (χ0) is 15.4. The van der Waals surface area contributed by atoms with Crippen LogP contribution < -0.4 is 10.6 Å². The molecule has 2 aromatic rings. The molecule has 3 rings (SSSR count). The van der Waals surface area contributed by atoms with Crippen molar-refractivity contribution < 1.29 is 4.79 Å². The van der Waals surface area contributed by atoms with Crippen molar-refractivity contribution in [1.29, 1.82) is 0 Å². The Morgan fingerprint density at radius 2 is 2.22 bits per heavy atom. The Kier molecular flexibility index (Phi) is 5.80. The minimum absolute atomic E-state index is 0. The maximum Gasteiger partial charge on any atom is 0.227 e. The Hall–Kier alpha value is -1.85. The molecule has 23 heavy (non-hydrogen) atoms. The highest BCUT2D eigenvalue weighted by atomic mass is 35.5. The zero-order valence-electron chi connectivity index (χ0n) is 13.3. The van der Waals surface area contributed by atoms with E-state index in [0.29, 0.717) is 6.54 Å². The second kappa shape index (κ2) is 7.62. The van der Waals surface area contributed by atoms with Crippen molar-refractivity contribution in [1.82, 2.24) is 20.4 Å². The van der Waals surface area contributed by atoms with Gasteiger partial charge in [0.1, 0.15) is 0 Å². The van der Waals surface area contributed by atoms with E-state index in [0.717, 1.165) is 37.2 Å². The third-order valence-corrected chi connectivity index (χ3v) is 4.33. The molecule has 0 radical (unpaired) electrons. The first-order valence-corrected chi connectivity index (χ1v) is 7.76. The van der Waals surface area contributed by atoms with Gasteiger partial charge in [-0.3, -0.25) is 4.79 Å². The third-order valence-electron chi connectivity index (χ3n) is 4.33. The van der Waals surface area contributed by atoms with Crippen LogP contribution in [0.15, 0.2) is 42.7 Å². The summed E-state index contributed by atoms with van der Waals surface area (Å²) in [6.45, 7) is 4.31. The van der Waals surface area contributed by atoms with E-state index in [-0.39, 0.29) is 23.7 Å². The molecule has 1 fully saturated rings. The third kappa shape index (κ3) is 3.92. The molecule has 0 bridgehead atoms. The van der Waals surface area contributed by atoms with Crippen LogP contribution in [0.3, 0.4) is 0 Å². The number of carbonyl (C=O) groups excluding carboxylic acids is 1. The van der Waals surface area contributed by atoms with E-state index < -0.39 is 0 Å². The van der Waals surface area contributed by atoms with E-state index in [1.807, 2.05) is 48.1 Å². The van der Waals surface area contributed by atoms with Crippen LogP contribution in [-0.4, -0.2) is 28.8 Å². The summed E-state index contributed by atoms with van der Waals surface area (Å²) in [4.78, 5) is 12.5. The molecule has 1 saturated heterocycles. The molecule has 5 nitrogen and oxygen atoms in total. The number of piperidine rings is 1. The molecular formula is C17H23ClN4O. The SMILES string of the molecule is CC1(C(=O)NCc2ccccc2-n2cccn2)CCCNC1.Cl. The number of para-hydroxylation sites is 1. The van der Waals surface area contributed by atoms with Crippen LogP contribution in [-0.2, 0) is 11.3 Å². The number of benzene rings is 1. The predicted molar refractivity (Wildman–Crippen MR) is 92.9 cm³/mol. The molecule has 1 aromatic heterocycles. The smallest absolute Gasteiger partial charge is 0.227 e. The zero-order valence-corrected chi connectivity index (χ0v) is 14.1. The average molecular weight is 335 g/mol. The van der Waals surface area contributed by atoms with Crippen LogP contribution in [0.4, 0.5) is 0 Å². The summed E-state index contributed by atoms with van der Waals surface area (Å²) in [6.07, 6.45) is 5.65. The quantitative estimate of drug-likeness (QED) is 0.902. The first-order chi connectivity index (χ1) is 10.7. The minimum atomic E-state index is -0.307. The fourth-order valence-corrected chi connectivity index (χ4v) is 2.93. The van der Waals surface area contributed by atoms with Crippen molar-refractivity contribution >= 4 is 18.3 Å². The Morgan fingerprint density at radius 3 is 2.91 bits per heavy atom. The van der Waals surface area contributed by atoms with Crippen LogP contribution >= 0.6 is 12.4 Å². The van der Waals surface area contributed by atoms with Gasteiger partial charge in [-0.25, -0.2) is 4.68 Å². The average Bonchev–Trinajstić information content (AvgIpc) is 3.08. The summed E-state index contributed by atoms with van der Waals surface area (Å²) >= 11 is 0. The molecule has 1 aliphatic heterocycles. The molecule has 2 heterocycles. The Balaban J connectivity index is 0.00000192. The summed E-state index contributed by atoms with van der Waals surface area (Å²) in [5, 5.41) is 10.7. The molecule has 1 aromatic carbocycles. The van der Waals surface area contributed by atoms with Crippen LogP contribution in [0, 0.1) is 5.41 Å². The van der Waals surface area contributed by atoms with E-state index in [2.05, 4.69) is 15.7 Å². The topological polar surface area (TPSA) is 59.0 Å². The summed E-state index contributed by atoms with van der Waals surface area (Å²) in [6, 6.07) is 9.90. The summed E-state index contributed by atoms with van der Waals surface area (Å²) in [7, 11) is 0. The molecule has 0 spiro atoms.